The minimum Gasteiger partial charge on any atom is -0.493 e. The molecule has 2 heterocycles. The summed E-state index contributed by atoms with van der Waals surface area (Å²) in [6.45, 7) is 4.14. The predicted octanol–water partition coefficient (Wildman–Crippen LogP) is 3.12. The van der Waals surface area contributed by atoms with E-state index in [9.17, 15) is 5.11 Å². The number of hydrogen-bond donors (Lipinski definition) is 1. The molecule has 6 nitrogen and oxygen atoms in total. The molecule has 6 heteroatoms. The Morgan fingerprint density at radius 2 is 1.70 bits per heavy atom. The lowest BCUT2D eigenvalue weighted by molar-refractivity contribution is -0.0240. The predicted molar refractivity (Wildman–Crippen MR) is 112 cm³/mol. The first-order valence-corrected chi connectivity index (χ1v) is 10.8. The maximum atomic E-state index is 10.7. The van der Waals surface area contributed by atoms with Crippen LogP contribution in [0.3, 0.4) is 0 Å². The lowest BCUT2D eigenvalue weighted by Crippen LogP contribution is -2.42. The minimum absolute atomic E-state index is 0.197. The molecule has 0 unspecified atom stereocenters. The Kier molecular flexibility index (Phi) is 5.44. The van der Waals surface area contributed by atoms with Crippen LogP contribution in [0, 0.1) is 11.8 Å². The molecule has 2 fully saturated rings. The molecule has 0 spiro atoms. The van der Waals surface area contributed by atoms with Crippen molar-refractivity contribution < 1.29 is 24.1 Å². The zero-order chi connectivity index (χ0) is 20.5. The second-order valence-corrected chi connectivity index (χ2v) is 8.54. The van der Waals surface area contributed by atoms with E-state index in [1.54, 1.807) is 7.11 Å². The minimum atomic E-state index is -0.453. The number of ether oxygens (including phenoxy) is 4. The van der Waals surface area contributed by atoms with E-state index in [4.69, 9.17) is 18.9 Å². The summed E-state index contributed by atoms with van der Waals surface area (Å²) in [5, 5.41) is 10.7. The first-order chi connectivity index (χ1) is 14.7. The monoisotopic (exact) mass is 411 g/mol. The Bertz CT molecular complexity index is 888. The molecular formula is C24H29NO5. The number of para-hydroxylation sites is 2. The van der Waals surface area contributed by atoms with Gasteiger partial charge in [-0.2, -0.15) is 0 Å². The number of benzene rings is 2. The zero-order valence-electron chi connectivity index (χ0n) is 17.3. The topological polar surface area (TPSA) is 60.4 Å². The van der Waals surface area contributed by atoms with E-state index in [0.29, 0.717) is 36.5 Å². The average Bonchev–Trinajstić information content (AvgIpc) is 3.15. The first kappa shape index (κ1) is 19.5. The third-order valence-corrected chi connectivity index (χ3v) is 6.52. The van der Waals surface area contributed by atoms with Crippen LogP contribution in [0.2, 0.25) is 0 Å². The van der Waals surface area contributed by atoms with Gasteiger partial charge in [-0.1, -0.05) is 18.2 Å². The number of nitrogens with zero attached hydrogens (tertiary/aromatic N) is 1. The molecule has 1 N–H and O–H groups in total. The van der Waals surface area contributed by atoms with E-state index in [2.05, 4.69) is 17.0 Å². The highest BCUT2D eigenvalue weighted by atomic mass is 16.6. The number of methoxy groups -OCH3 is 1. The van der Waals surface area contributed by atoms with E-state index in [0.717, 1.165) is 44.0 Å². The van der Waals surface area contributed by atoms with Gasteiger partial charge in [-0.3, -0.25) is 4.90 Å². The summed E-state index contributed by atoms with van der Waals surface area (Å²) < 4.78 is 22.9. The smallest absolute Gasteiger partial charge is 0.161 e. The summed E-state index contributed by atoms with van der Waals surface area (Å²) in [7, 11) is 1.64. The molecular weight excluding hydrogens is 382 g/mol. The van der Waals surface area contributed by atoms with Gasteiger partial charge in [-0.05, 0) is 54.5 Å². The van der Waals surface area contributed by atoms with Gasteiger partial charge in [0, 0.05) is 19.6 Å². The van der Waals surface area contributed by atoms with Crippen LogP contribution in [0.15, 0.2) is 42.5 Å². The Balaban J connectivity index is 1.22. The molecule has 1 saturated carbocycles. The molecule has 4 atom stereocenters. The zero-order valence-corrected chi connectivity index (χ0v) is 17.3. The van der Waals surface area contributed by atoms with Crippen LogP contribution in [-0.2, 0) is 6.54 Å². The van der Waals surface area contributed by atoms with Gasteiger partial charge in [-0.15, -0.1) is 0 Å². The molecule has 0 radical (unpaired) electrons. The van der Waals surface area contributed by atoms with E-state index in [1.165, 1.54) is 5.56 Å². The van der Waals surface area contributed by atoms with Gasteiger partial charge in [0.1, 0.15) is 19.3 Å². The Labute approximate surface area is 177 Å². The number of likely N-dealkylation sites (tertiary alicyclic amines) is 1. The van der Waals surface area contributed by atoms with Crippen molar-refractivity contribution in [3.63, 3.8) is 0 Å². The van der Waals surface area contributed by atoms with Crippen molar-refractivity contribution in [1.29, 1.82) is 0 Å². The van der Waals surface area contributed by atoms with Crippen molar-refractivity contribution >= 4 is 0 Å². The second kappa shape index (κ2) is 8.36. The number of aliphatic hydroxyl groups is 1. The Hall–Kier alpha value is -2.44. The molecule has 1 saturated heterocycles. The van der Waals surface area contributed by atoms with Gasteiger partial charge in [-0.25, -0.2) is 0 Å². The number of hydrogen-bond acceptors (Lipinski definition) is 6. The van der Waals surface area contributed by atoms with Crippen LogP contribution in [0.1, 0.15) is 18.4 Å². The quantitative estimate of drug-likeness (QED) is 0.816. The SMILES string of the molecule is COc1ccccc1O[C@@H]1C[C@@H]2CN(Cc3ccc4c(c3)OCCO4)C[C@@H]2C[C@H]1O. The normalized spacial score (nSPS) is 28.1. The Morgan fingerprint density at radius 1 is 0.967 bits per heavy atom. The summed E-state index contributed by atoms with van der Waals surface area (Å²) in [5.74, 6) is 4.13. The average molecular weight is 411 g/mol. The molecule has 3 aliphatic rings. The molecule has 1 aliphatic carbocycles. The largest absolute Gasteiger partial charge is 0.493 e. The highest BCUT2D eigenvalue weighted by Gasteiger charge is 2.42. The van der Waals surface area contributed by atoms with Crippen LogP contribution in [-0.4, -0.2) is 55.6 Å². The lowest BCUT2D eigenvalue weighted by Gasteiger charge is -2.35. The maximum Gasteiger partial charge on any atom is 0.161 e. The van der Waals surface area contributed by atoms with Crippen LogP contribution >= 0.6 is 0 Å². The van der Waals surface area contributed by atoms with Crippen molar-refractivity contribution in [2.24, 2.45) is 11.8 Å². The lowest BCUT2D eigenvalue weighted by atomic mass is 9.78. The van der Waals surface area contributed by atoms with Crippen LogP contribution < -0.4 is 18.9 Å². The number of aliphatic hydroxyl groups excluding tert-OH is 1. The van der Waals surface area contributed by atoms with Gasteiger partial charge in [0.25, 0.3) is 0 Å². The van der Waals surface area contributed by atoms with Gasteiger partial charge in [0.15, 0.2) is 23.0 Å². The highest BCUT2D eigenvalue weighted by molar-refractivity contribution is 5.44. The van der Waals surface area contributed by atoms with Gasteiger partial charge >= 0.3 is 0 Å². The van der Waals surface area contributed by atoms with Gasteiger partial charge < -0.3 is 24.1 Å². The Morgan fingerprint density at radius 3 is 2.50 bits per heavy atom. The standard InChI is InChI=1S/C24H29NO5/c1-27-20-4-2-3-5-22(20)30-23-12-18-15-25(14-17(18)11-19(23)26)13-16-6-7-21-24(10-16)29-9-8-28-21/h2-7,10,17-19,23,26H,8-9,11-15H2,1H3/t17-,18+,19+,23+/m0/s1. The van der Waals surface area contributed by atoms with E-state index in [1.807, 2.05) is 30.3 Å². The van der Waals surface area contributed by atoms with Crippen LogP contribution in [0.25, 0.3) is 0 Å². The highest BCUT2D eigenvalue weighted by Crippen LogP contribution is 2.40. The third-order valence-electron chi connectivity index (χ3n) is 6.52. The van der Waals surface area contributed by atoms with Crippen molar-refractivity contribution in [2.75, 3.05) is 33.4 Å². The maximum absolute atomic E-state index is 10.7. The van der Waals surface area contributed by atoms with Gasteiger partial charge in [0.05, 0.1) is 13.2 Å². The number of fused-ring (bicyclic) bond motifs is 2. The van der Waals surface area contributed by atoms with Gasteiger partial charge in [0.2, 0.25) is 0 Å². The molecule has 5 rings (SSSR count). The van der Waals surface area contributed by atoms with Crippen molar-refractivity contribution in [3.8, 4) is 23.0 Å². The molecule has 0 bridgehead atoms. The number of rotatable bonds is 5. The summed E-state index contributed by atoms with van der Waals surface area (Å²) >= 11 is 0. The second-order valence-electron chi connectivity index (χ2n) is 8.54. The fourth-order valence-corrected chi connectivity index (χ4v) is 5.07. The molecule has 2 aromatic rings. The fourth-order valence-electron chi connectivity index (χ4n) is 5.07. The summed E-state index contributed by atoms with van der Waals surface area (Å²) in [6, 6.07) is 13.9. The van der Waals surface area contributed by atoms with Crippen molar-refractivity contribution in [2.45, 2.75) is 31.6 Å². The summed E-state index contributed by atoms with van der Waals surface area (Å²) in [6.07, 6.45) is 0.992. The molecule has 0 aromatic heterocycles. The molecule has 30 heavy (non-hydrogen) atoms. The summed E-state index contributed by atoms with van der Waals surface area (Å²) in [4.78, 5) is 2.49. The first-order valence-electron chi connectivity index (χ1n) is 10.8. The molecule has 160 valence electrons. The van der Waals surface area contributed by atoms with Crippen LogP contribution in [0.4, 0.5) is 0 Å². The summed E-state index contributed by atoms with van der Waals surface area (Å²) in [5.41, 5.74) is 1.24. The third kappa shape index (κ3) is 3.94. The molecule has 2 aromatic carbocycles. The molecule has 2 aliphatic heterocycles. The van der Waals surface area contributed by atoms with Crippen molar-refractivity contribution in [1.82, 2.24) is 4.90 Å². The van der Waals surface area contributed by atoms with E-state index >= 15 is 0 Å². The van der Waals surface area contributed by atoms with E-state index in [-0.39, 0.29) is 6.10 Å². The van der Waals surface area contributed by atoms with E-state index < -0.39 is 6.10 Å². The fraction of sp³-hybridized carbons (Fsp3) is 0.500. The molecule has 0 amide bonds. The van der Waals surface area contributed by atoms with Crippen molar-refractivity contribution in [3.05, 3.63) is 48.0 Å². The van der Waals surface area contributed by atoms with Crippen LogP contribution in [0.5, 0.6) is 23.0 Å².